The third-order valence-corrected chi connectivity index (χ3v) is 3.02. The number of rotatable bonds is 2. The molecule has 1 aromatic carbocycles. The molecule has 0 fully saturated rings. The van der Waals surface area contributed by atoms with Crippen molar-refractivity contribution in [3.63, 3.8) is 0 Å². The van der Waals surface area contributed by atoms with E-state index in [0.717, 1.165) is 5.71 Å². The molecule has 0 aromatic heterocycles. The summed E-state index contributed by atoms with van der Waals surface area (Å²) in [7, 11) is 1.65. The molecule has 0 unspecified atom stereocenters. The number of nitrogens with one attached hydrogen (secondary N) is 1. The highest BCUT2D eigenvalue weighted by Gasteiger charge is 2.37. The van der Waals surface area contributed by atoms with Gasteiger partial charge >= 0.3 is 0 Å². The molecule has 2 rings (SSSR count). The number of hydrogen-bond acceptors (Lipinski definition) is 2. The molecule has 1 aliphatic rings. The van der Waals surface area contributed by atoms with Crippen LogP contribution in [0.25, 0.3) is 0 Å². The van der Waals surface area contributed by atoms with Crippen LogP contribution in [-0.2, 0) is 4.79 Å². The van der Waals surface area contributed by atoms with E-state index in [1.807, 2.05) is 13.0 Å². The Morgan fingerprint density at radius 2 is 2.12 bits per heavy atom. The van der Waals surface area contributed by atoms with E-state index in [2.05, 4.69) is 35.4 Å². The van der Waals surface area contributed by atoms with E-state index in [4.69, 9.17) is 0 Å². The molecule has 0 spiro atoms. The highest BCUT2D eigenvalue weighted by atomic mass is 16.2. The second kappa shape index (κ2) is 4.08. The van der Waals surface area contributed by atoms with Crippen molar-refractivity contribution in [3.8, 4) is 0 Å². The van der Waals surface area contributed by atoms with Gasteiger partial charge in [-0.3, -0.25) is 9.79 Å². The zero-order valence-corrected chi connectivity index (χ0v) is 9.82. The van der Waals surface area contributed by atoms with Gasteiger partial charge in [0.05, 0.1) is 5.92 Å². The summed E-state index contributed by atoms with van der Waals surface area (Å²) in [6, 6.07) is 8.03. The second-order valence-corrected chi connectivity index (χ2v) is 4.22. The summed E-state index contributed by atoms with van der Waals surface area (Å²) >= 11 is 0. The van der Waals surface area contributed by atoms with Gasteiger partial charge < -0.3 is 5.32 Å². The topological polar surface area (TPSA) is 41.5 Å². The van der Waals surface area contributed by atoms with Crippen molar-refractivity contribution in [2.45, 2.75) is 25.8 Å². The summed E-state index contributed by atoms with van der Waals surface area (Å²) in [5.41, 5.74) is 3.44. The molecular formula is C13H16N2O. The van der Waals surface area contributed by atoms with Crippen molar-refractivity contribution in [3.05, 3.63) is 35.4 Å². The van der Waals surface area contributed by atoms with Crippen molar-refractivity contribution >= 4 is 11.6 Å². The Morgan fingerprint density at radius 3 is 2.69 bits per heavy atom. The van der Waals surface area contributed by atoms with E-state index < -0.39 is 0 Å². The van der Waals surface area contributed by atoms with Gasteiger partial charge in [-0.05, 0) is 19.4 Å². The lowest BCUT2D eigenvalue weighted by molar-refractivity contribution is -0.122. The molecule has 0 saturated heterocycles. The van der Waals surface area contributed by atoms with E-state index in [1.54, 1.807) is 7.05 Å². The van der Waals surface area contributed by atoms with Crippen LogP contribution in [-0.4, -0.2) is 24.7 Å². The molecule has 3 heteroatoms. The van der Waals surface area contributed by atoms with Crippen molar-refractivity contribution in [2.24, 2.45) is 4.99 Å². The summed E-state index contributed by atoms with van der Waals surface area (Å²) in [6.45, 7) is 4.04. The van der Waals surface area contributed by atoms with Crippen LogP contribution in [0.2, 0.25) is 0 Å². The van der Waals surface area contributed by atoms with Crippen LogP contribution in [0, 0.1) is 6.92 Å². The monoisotopic (exact) mass is 216 g/mol. The Labute approximate surface area is 95.6 Å². The number of carbonyl (C=O) groups excluding carboxylic acids is 1. The molecular weight excluding hydrogens is 200 g/mol. The number of benzene rings is 1. The van der Waals surface area contributed by atoms with Gasteiger partial charge in [0.2, 0.25) is 5.91 Å². The lowest BCUT2D eigenvalue weighted by Crippen LogP contribution is -2.44. The SMILES string of the molecule is CNC(=O)[C@@H]1N=C(C)[C@H]1c1cccc(C)c1. The molecule has 1 aromatic rings. The van der Waals surface area contributed by atoms with Crippen molar-refractivity contribution < 1.29 is 4.79 Å². The lowest BCUT2D eigenvalue weighted by atomic mass is 9.82. The van der Waals surface area contributed by atoms with Crippen LogP contribution in [0.3, 0.4) is 0 Å². The lowest BCUT2D eigenvalue weighted by Gasteiger charge is -2.32. The smallest absolute Gasteiger partial charge is 0.245 e. The number of aliphatic imine (C=N–C) groups is 1. The van der Waals surface area contributed by atoms with Crippen LogP contribution in [0.5, 0.6) is 0 Å². The maximum absolute atomic E-state index is 11.6. The molecule has 0 bridgehead atoms. The van der Waals surface area contributed by atoms with Gasteiger partial charge in [-0.25, -0.2) is 0 Å². The molecule has 84 valence electrons. The van der Waals surface area contributed by atoms with E-state index in [9.17, 15) is 4.79 Å². The number of aryl methyl sites for hydroxylation is 1. The summed E-state index contributed by atoms with van der Waals surface area (Å²) in [4.78, 5) is 15.9. The average Bonchev–Trinajstić information content (AvgIpc) is 2.24. The van der Waals surface area contributed by atoms with E-state index >= 15 is 0 Å². The van der Waals surface area contributed by atoms with Gasteiger partial charge in [-0.15, -0.1) is 0 Å². The molecule has 1 aliphatic heterocycles. The fraction of sp³-hybridized carbons (Fsp3) is 0.385. The van der Waals surface area contributed by atoms with Crippen LogP contribution >= 0.6 is 0 Å². The Balaban J connectivity index is 2.28. The van der Waals surface area contributed by atoms with Gasteiger partial charge in [-0.1, -0.05) is 29.8 Å². The van der Waals surface area contributed by atoms with Gasteiger partial charge in [-0.2, -0.15) is 0 Å². The molecule has 0 radical (unpaired) electrons. The maximum atomic E-state index is 11.6. The molecule has 2 atom stereocenters. The first-order valence-electron chi connectivity index (χ1n) is 5.46. The van der Waals surface area contributed by atoms with Crippen LogP contribution in [0.1, 0.15) is 24.0 Å². The highest BCUT2D eigenvalue weighted by molar-refractivity contribution is 6.03. The minimum absolute atomic E-state index is 0.00268. The number of nitrogens with zero attached hydrogens (tertiary/aromatic N) is 1. The van der Waals surface area contributed by atoms with Crippen molar-refractivity contribution in [1.82, 2.24) is 5.32 Å². The van der Waals surface area contributed by atoms with Crippen LogP contribution in [0.4, 0.5) is 0 Å². The molecule has 16 heavy (non-hydrogen) atoms. The van der Waals surface area contributed by atoms with E-state index in [0.29, 0.717) is 0 Å². The molecule has 1 amide bonds. The average molecular weight is 216 g/mol. The first-order valence-corrected chi connectivity index (χ1v) is 5.46. The first-order chi connectivity index (χ1) is 7.63. The number of carbonyl (C=O) groups is 1. The predicted octanol–water partition coefficient (Wildman–Crippen LogP) is 1.67. The number of likely N-dealkylation sites (N-methyl/N-ethyl adjacent to an activating group) is 1. The third kappa shape index (κ3) is 1.73. The Hall–Kier alpha value is -1.64. The fourth-order valence-corrected chi connectivity index (χ4v) is 2.17. The number of amides is 1. The van der Waals surface area contributed by atoms with Crippen LogP contribution in [0.15, 0.2) is 29.3 Å². The standard InChI is InChI=1S/C13H16N2O/c1-8-5-4-6-10(7-8)11-9(2)15-12(11)13(16)14-3/h4-7,11-12H,1-3H3,(H,14,16)/t11-,12+/m0/s1. The maximum Gasteiger partial charge on any atom is 0.245 e. The molecule has 0 aliphatic carbocycles. The Kier molecular flexibility index (Phi) is 2.77. The van der Waals surface area contributed by atoms with Gasteiger partial charge in [0.1, 0.15) is 6.04 Å². The molecule has 3 nitrogen and oxygen atoms in total. The number of hydrogen-bond donors (Lipinski definition) is 1. The molecule has 1 N–H and O–H groups in total. The fourth-order valence-electron chi connectivity index (χ4n) is 2.17. The molecule has 0 saturated carbocycles. The predicted molar refractivity (Wildman–Crippen MR) is 64.9 cm³/mol. The second-order valence-electron chi connectivity index (χ2n) is 4.22. The minimum Gasteiger partial charge on any atom is -0.357 e. The summed E-state index contributed by atoms with van der Waals surface area (Å²) in [5.74, 6) is 0.150. The Bertz CT molecular complexity index is 451. The van der Waals surface area contributed by atoms with Crippen molar-refractivity contribution in [1.29, 1.82) is 0 Å². The summed E-state index contributed by atoms with van der Waals surface area (Å²) in [5, 5.41) is 2.66. The van der Waals surface area contributed by atoms with E-state index in [1.165, 1.54) is 11.1 Å². The quantitative estimate of drug-likeness (QED) is 0.802. The largest absolute Gasteiger partial charge is 0.357 e. The normalized spacial score (nSPS) is 23.3. The third-order valence-electron chi connectivity index (χ3n) is 3.02. The van der Waals surface area contributed by atoms with Crippen molar-refractivity contribution in [2.75, 3.05) is 7.05 Å². The summed E-state index contributed by atoms with van der Waals surface area (Å²) < 4.78 is 0. The van der Waals surface area contributed by atoms with Gasteiger partial charge in [0.15, 0.2) is 0 Å². The van der Waals surface area contributed by atoms with Crippen LogP contribution < -0.4 is 5.32 Å². The summed E-state index contributed by atoms with van der Waals surface area (Å²) in [6.07, 6.45) is 0. The minimum atomic E-state index is -0.244. The highest BCUT2D eigenvalue weighted by Crippen LogP contribution is 2.32. The van der Waals surface area contributed by atoms with Gasteiger partial charge in [0, 0.05) is 12.8 Å². The zero-order valence-electron chi connectivity index (χ0n) is 9.82. The zero-order chi connectivity index (χ0) is 11.7. The van der Waals surface area contributed by atoms with E-state index in [-0.39, 0.29) is 17.9 Å². The Morgan fingerprint density at radius 1 is 1.38 bits per heavy atom. The first kappa shape index (κ1) is 10.9. The van der Waals surface area contributed by atoms with Gasteiger partial charge in [0.25, 0.3) is 0 Å². The molecule has 1 heterocycles.